The molecule has 2 N–H and O–H groups in total. The van der Waals surface area contributed by atoms with Gasteiger partial charge in [0.15, 0.2) is 0 Å². The van der Waals surface area contributed by atoms with Gasteiger partial charge in [0.05, 0.1) is 10.8 Å². The molecule has 1 fully saturated rings. The topological polar surface area (TPSA) is 113 Å². The molecule has 0 bridgehead atoms. The SMILES string of the molecule is Cc1nc(-n2nc(-c3cccs3)cc2NC(=O)[C@@H]2CC(=O)N(c3ccc(F)cc3)C2)[nH]c(=O)c1C. The van der Waals surface area contributed by atoms with Gasteiger partial charge >= 0.3 is 0 Å². The van der Waals surface area contributed by atoms with Crippen LogP contribution in [0.15, 0.2) is 52.6 Å². The van der Waals surface area contributed by atoms with Gasteiger partial charge in [0.2, 0.25) is 17.8 Å². The zero-order valence-corrected chi connectivity index (χ0v) is 19.7. The number of hydrogen-bond donors (Lipinski definition) is 2. The van der Waals surface area contributed by atoms with Crippen LogP contribution in [0.5, 0.6) is 0 Å². The summed E-state index contributed by atoms with van der Waals surface area (Å²) < 4.78 is 14.7. The van der Waals surface area contributed by atoms with Crippen LogP contribution in [0.3, 0.4) is 0 Å². The number of aryl methyl sites for hydroxylation is 1. The molecule has 2 amide bonds. The minimum atomic E-state index is -0.618. The Morgan fingerprint density at radius 3 is 2.66 bits per heavy atom. The van der Waals surface area contributed by atoms with E-state index >= 15 is 0 Å². The first-order valence-corrected chi connectivity index (χ1v) is 11.8. The Labute approximate surface area is 203 Å². The van der Waals surface area contributed by atoms with E-state index in [1.807, 2.05) is 17.5 Å². The second-order valence-electron chi connectivity index (χ2n) is 8.27. The van der Waals surface area contributed by atoms with Crippen molar-refractivity contribution in [3.63, 3.8) is 0 Å². The lowest BCUT2D eigenvalue weighted by atomic mass is 10.1. The van der Waals surface area contributed by atoms with Crippen molar-refractivity contribution in [1.82, 2.24) is 19.7 Å². The van der Waals surface area contributed by atoms with Gasteiger partial charge in [-0.25, -0.2) is 9.37 Å². The van der Waals surface area contributed by atoms with Crippen LogP contribution < -0.4 is 15.8 Å². The summed E-state index contributed by atoms with van der Waals surface area (Å²) in [5.41, 5.74) is 1.88. The fraction of sp³-hybridized carbons (Fsp3) is 0.208. The van der Waals surface area contributed by atoms with Crippen LogP contribution in [-0.2, 0) is 9.59 Å². The van der Waals surface area contributed by atoms with Crippen molar-refractivity contribution in [3.05, 3.63) is 75.3 Å². The summed E-state index contributed by atoms with van der Waals surface area (Å²) in [5, 5.41) is 9.33. The lowest BCUT2D eigenvalue weighted by molar-refractivity contribution is -0.122. The molecule has 4 heterocycles. The van der Waals surface area contributed by atoms with Gasteiger partial charge in [-0.05, 0) is 49.6 Å². The molecule has 0 unspecified atom stereocenters. The van der Waals surface area contributed by atoms with E-state index in [2.05, 4.69) is 20.4 Å². The first-order valence-electron chi connectivity index (χ1n) is 10.9. The smallest absolute Gasteiger partial charge is 0.255 e. The number of anilines is 2. The van der Waals surface area contributed by atoms with Crippen molar-refractivity contribution >= 4 is 34.7 Å². The quantitative estimate of drug-likeness (QED) is 0.443. The van der Waals surface area contributed by atoms with E-state index in [4.69, 9.17) is 0 Å². The number of nitrogens with one attached hydrogen (secondary N) is 2. The van der Waals surface area contributed by atoms with Gasteiger partial charge in [-0.3, -0.25) is 19.4 Å². The van der Waals surface area contributed by atoms with Crippen LogP contribution >= 0.6 is 11.3 Å². The molecule has 1 aromatic carbocycles. The number of hydrogen-bond acceptors (Lipinski definition) is 6. The number of aromatic nitrogens is 4. The third kappa shape index (κ3) is 4.37. The number of H-pyrrole nitrogens is 1. The van der Waals surface area contributed by atoms with E-state index in [0.29, 0.717) is 28.5 Å². The molecule has 0 radical (unpaired) electrons. The number of nitrogens with zero attached hydrogens (tertiary/aromatic N) is 4. The van der Waals surface area contributed by atoms with Gasteiger partial charge < -0.3 is 10.2 Å². The number of thiophene rings is 1. The second kappa shape index (κ2) is 8.91. The molecule has 3 aromatic heterocycles. The summed E-state index contributed by atoms with van der Waals surface area (Å²) in [6, 6.07) is 11.1. The molecule has 1 aliphatic heterocycles. The fourth-order valence-electron chi connectivity index (χ4n) is 3.89. The molecule has 11 heteroatoms. The lowest BCUT2D eigenvalue weighted by Crippen LogP contribution is -2.29. The molecule has 35 heavy (non-hydrogen) atoms. The van der Waals surface area contributed by atoms with Crippen LogP contribution in [-0.4, -0.2) is 38.1 Å². The Hall–Kier alpha value is -4.12. The Morgan fingerprint density at radius 1 is 1.20 bits per heavy atom. The predicted octanol–water partition coefficient (Wildman–Crippen LogP) is 3.43. The molecule has 178 valence electrons. The Morgan fingerprint density at radius 2 is 1.97 bits per heavy atom. The summed E-state index contributed by atoms with van der Waals surface area (Å²) in [5.74, 6) is -1.11. The molecule has 4 aromatic rings. The third-order valence-corrected chi connectivity index (χ3v) is 6.84. The molecule has 5 rings (SSSR count). The average molecular weight is 493 g/mol. The van der Waals surface area contributed by atoms with Crippen molar-refractivity contribution in [2.45, 2.75) is 20.3 Å². The minimum Gasteiger partial charge on any atom is -0.312 e. The number of carbonyl (C=O) groups is 2. The Balaban J connectivity index is 1.44. The predicted molar refractivity (Wildman–Crippen MR) is 130 cm³/mol. The number of halogens is 1. The zero-order valence-electron chi connectivity index (χ0n) is 18.9. The summed E-state index contributed by atoms with van der Waals surface area (Å²) >= 11 is 1.49. The van der Waals surface area contributed by atoms with E-state index in [-0.39, 0.29) is 36.3 Å². The Kier molecular flexibility index (Phi) is 5.77. The average Bonchev–Trinajstić information content (AvgIpc) is 3.58. The largest absolute Gasteiger partial charge is 0.312 e. The zero-order chi connectivity index (χ0) is 24.7. The van der Waals surface area contributed by atoms with Crippen molar-refractivity contribution < 1.29 is 14.0 Å². The minimum absolute atomic E-state index is 0.0217. The Bertz CT molecular complexity index is 1480. The van der Waals surface area contributed by atoms with Gasteiger partial charge in [0, 0.05) is 36.0 Å². The highest BCUT2D eigenvalue weighted by Crippen LogP contribution is 2.29. The molecule has 0 spiro atoms. The molecule has 1 saturated heterocycles. The third-order valence-electron chi connectivity index (χ3n) is 5.95. The summed E-state index contributed by atoms with van der Waals surface area (Å²) in [6.07, 6.45) is 0.0217. The van der Waals surface area contributed by atoms with E-state index in [1.54, 1.807) is 19.9 Å². The van der Waals surface area contributed by atoms with Crippen molar-refractivity contribution in [2.24, 2.45) is 5.92 Å². The van der Waals surface area contributed by atoms with Crippen molar-refractivity contribution in [3.8, 4) is 16.5 Å². The highest BCUT2D eigenvalue weighted by atomic mass is 32.1. The molecule has 1 aliphatic rings. The highest BCUT2D eigenvalue weighted by molar-refractivity contribution is 7.13. The number of amides is 2. The van der Waals surface area contributed by atoms with Crippen LogP contribution in [0.4, 0.5) is 15.9 Å². The van der Waals surface area contributed by atoms with Crippen molar-refractivity contribution in [1.29, 1.82) is 0 Å². The van der Waals surface area contributed by atoms with Crippen LogP contribution in [0.25, 0.3) is 16.5 Å². The molecular weight excluding hydrogens is 471 g/mol. The van der Waals surface area contributed by atoms with E-state index < -0.39 is 11.7 Å². The molecular formula is C24H21FN6O3S. The maximum Gasteiger partial charge on any atom is 0.255 e. The van der Waals surface area contributed by atoms with E-state index in [9.17, 15) is 18.8 Å². The summed E-state index contributed by atoms with van der Waals surface area (Å²) in [4.78, 5) is 47.6. The van der Waals surface area contributed by atoms with Gasteiger partial charge in [0.1, 0.15) is 17.3 Å². The number of carbonyl (C=O) groups excluding carboxylic acids is 2. The van der Waals surface area contributed by atoms with Gasteiger partial charge in [0.25, 0.3) is 5.56 Å². The maximum atomic E-state index is 13.3. The lowest BCUT2D eigenvalue weighted by Gasteiger charge is -2.16. The number of aromatic amines is 1. The van der Waals surface area contributed by atoms with E-state index in [0.717, 1.165) is 4.88 Å². The molecule has 1 atom stereocenters. The highest BCUT2D eigenvalue weighted by Gasteiger charge is 2.35. The molecule has 9 nitrogen and oxygen atoms in total. The molecule has 0 aliphatic carbocycles. The summed E-state index contributed by atoms with van der Waals surface area (Å²) in [7, 11) is 0. The standard InChI is InChI=1S/C24H21FN6O3S/c1-13-14(2)26-24(28-22(13)33)31-20(11-18(29-31)19-4-3-9-35-19)27-23(34)15-10-21(32)30(12-15)17-7-5-16(25)6-8-17/h3-9,11,15H,10,12H2,1-2H3,(H,27,34)(H,26,28,33)/t15-/m1/s1. The van der Waals surface area contributed by atoms with Crippen LogP contribution in [0.2, 0.25) is 0 Å². The number of benzene rings is 1. The van der Waals surface area contributed by atoms with Crippen LogP contribution in [0, 0.1) is 25.6 Å². The van der Waals surface area contributed by atoms with Gasteiger partial charge in [-0.2, -0.15) is 9.78 Å². The van der Waals surface area contributed by atoms with E-state index in [1.165, 1.54) is 45.2 Å². The van der Waals surface area contributed by atoms with Crippen molar-refractivity contribution in [2.75, 3.05) is 16.8 Å². The first-order chi connectivity index (χ1) is 16.8. The second-order valence-corrected chi connectivity index (χ2v) is 9.22. The summed E-state index contributed by atoms with van der Waals surface area (Å²) in [6.45, 7) is 3.57. The van der Waals surface area contributed by atoms with Crippen LogP contribution in [0.1, 0.15) is 17.7 Å². The number of rotatable bonds is 5. The monoisotopic (exact) mass is 492 g/mol. The fourth-order valence-corrected chi connectivity index (χ4v) is 4.57. The maximum absolute atomic E-state index is 13.3. The normalized spacial score (nSPS) is 15.6. The first kappa shape index (κ1) is 22.7. The van der Waals surface area contributed by atoms with Gasteiger partial charge in [-0.15, -0.1) is 11.3 Å². The van der Waals surface area contributed by atoms with Gasteiger partial charge in [-0.1, -0.05) is 6.07 Å². The molecule has 0 saturated carbocycles.